The number of hydrogen-bond acceptors (Lipinski definition) is 4. The Labute approximate surface area is 155 Å². The van der Waals surface area contributed by atoms with Gasteiger partial charge >= 0.3 is 0 Å². The average molecular weight is 356 g/mol. The Bertz CT molecular complexity index is 729. The SMILES string of the molecule is COc1ccc(CN(C)C(C)C(=O)NCc2ccc(C)cc2)c(OC)c1. The van der Waals surface area contributed by atoms with E-state index in [1.165, 1.54) is 5.56 Å². The molecular formula is C21H28N2O3. The number of nitrogens with one attached hydrogen (secondary N) is 1. The second-order valence-corrected chi connectivity index (χ2v) is 6.47. The summed E-state index contributed by atoms with van der Waals surface area (Å²) in [6.45, 7) is 5.09. The van der Waals surface area contributed by atoms with Gasteiger partial charge in [0.05, 0.1) is 20.3 Å². The van der Waals surface area contributed by atoms with Gasteiger partial charge in [-0.1, -0.05) is 35.9 Å². The van der Waals surface area contributed by atoms with Gasteiger partial charge in [-0.2, -0.15) is 0 Å². The van der Waals surface area contributed by atoms with Gasteiger partial charge in [0.25, 0.3) is 0 Å². The molecule has 1 atom stereocenters. The monoisotopic (exact) mass is 356 g/mol. The van der Waals surface area contributed by atoms with Gasteiger partial charge in [-0.25, -0.2) is 0 Å². The first-order valence-corrected chi connectivity index (χ1v) is 8.69. The molecule has 0 radical (unpaired) electrons. The van der Waals surface area contributed by atoms with Crippen molar-refractivity contribution in [2.45, 2.75) is 33.0 Å². The molecule has 0 aliphatic rings. The number of aryl methyl sites for hydroxylation is 1. The van der Waals surface area contributed by atoms with E-state index >= 15 is 0 Å². The Morgan fingerprint density at radius 1 is 1.12 bits per heavy atom. The maximum absolute atomic E-state index is 12.5. The molecule has 2 aromatic rings. The summed E-state index contributed by atoms with van der Waals surface area (Å²) in [5.74, 6) is 1.50. The number of ether oxygens (including phenoxy) is 2. The van der Waals surface area contributed by atoms with Gasteiger partial charge in [0, 0.05) is 24.7 Å². The molecule has 140 valence electrons. The van der Waals surface area contributed by atoms with E-state index in [9.17, 15) is 4.79 Å². The number of hydrogen-bond donors (Lipinski definition) is 1. The smallest absolute Gasteiger partial charge is 0.237 e. The third-order valence-electron chi connectivity index (χ3n) is 4.54. The topological polar surface area (TPSA) is 50.8 Å². The molecule has 26 heavy (non-hydrogen) atoms. The van der Waals surface area contributed by atoms with Crippen LogP contribution in [0.1, 0.15) is 23.6 Å². The number of nitrogens with zero attached hydrogens (tertiary/aromatic N) is 1. The molecule has 2 rings (SSSR count). The van der Waals surface area contributed by atoms with E-state index in [1.807, 2.05) is 68.3 Å². The lowest BCUT2D eigenvalue weighted by molar-refractivity contribution is -0.125. The number of carbonyl (C=O) groups excluding carboxylic acids is 1. The van der Waals surface area contributed by atoms with Crippen molar-refractivity contribution in [1.29, 1.82) is 0 Å². The van der Waals surface area contributed by atoms with Crippen molar-refractivity contribution in [3.63, 3.8) is 0 Å². The highest BCUT2D eigenvalue weighted by molar-refractivity contribution is 5.81. The van der Waals surface area contributed by atoms with E-state index in [1.54, 1.807) is 14.2 Å². The molecule has 2 aromatic carbocycles. The lowest BCUT2D eigenvalue weighted by Crippen LogP contribution is -2.42. The quantitative estimate of drug-likeness (QED) is 0.789. The summed E-state index contributed by atoms with van der Waals surface area (Å²) in [5.41, 5.74) is 3.31. The summed E-state index contributed by atoms with van der Waals surface area (Å²) in [6, 6.07) is 13.6. The maximum Gasteiger partial charge on any atom is 0.237 e. The highest BCUT2D eigenvalue weighted by atomic mass is 16.5. The first-order valence-electron chi connectivity index (χ1n) is 8.69. The number of carbonyl (C=O) groups is 1. The molecule has 1 amide bonds. The third kappa shape index (κ3) is 5.23. The molecule has 0 bridgehead atoms. The summed E-state index contributed by atoms with van der Waals surface area (Å²) in [7, 11) is 5.19. The van der Waals surface area contributed by atoms with Crippen LogP contribution in [0, 0.1) is 6.92 Å². The first-order chi connectivity index (χ1) is 12.4. The molecule has 0 aromatic heterocycles. The summed E-state index contributed by atoms with van der Waals surface area (Å²) >= 11 is 0. The zero-order valence-corrected chi connectivity index (χ0v) is 16.2. The largest absolute Gasteiger partial charge is 0.497 e. The number of benzene rings is 2. The van der Waals surface area contributed by atoms with Crippen LogP contribution in [-0.2, 0) is 17.9 Å². The standard InChI is InChI=1S/C21H28N2O3/c1-15-6-8-17(9-7-15)13-22-21(24)16(2)23(3)14-18-10-11-19(25-4)12-20(18)26-5/h6-12,16H,13-14H2,1-5H3,(H,22,24). The molecule has 0 saturated carbocycles. The molecule has 0 heterocycles. The number of likely N-dealkylation sites (N-methyl/N-ethyl adjacent to an activating group) is 1. The molecule has 5 heteroatoms. The van der Waals surface area contributed by atoms with Crippen LogP contribution in [0.2, 0.25) is 0 Å². The average Bonchev–Trinajstić information content (AvgIpc) is 2.66. The Kier molecular flexibility index (Phi) is 7.04. The first kappa shape index (κ1) is 19.8. The highest BCUT2D eigenvalue weighted by Gasteiger charge is 2.19. The molecule has 5 nitrogen and oxygen atoms in total. The molecule has 0 fully saturated rings. The van der Waals surface area contributed by atoms with Crippen molar-refractivity contribution >= 4 is 5.91 Å². The molecule has 1 unspecified atom stereocenters. The fraction of sp³-hybridized carbons (Fsp3) is 0.381. The minimum atomic E-state index is -0.257. The molecular weight excluding hydrogens is 328 g/mol. The Balaban J connectivity index is 1.94. The van der Waals surface area contributed by atoms with Crippen molar-refractivity contribution in [2.24, 2.45) is 0 Å². The third-order valence-corrected chi connectivity index (χ3v) is 4.54. The van der Waals surface area contributed by atoms with Crippen molar-refractivity contribution in [3.8, 4) is 11.5 Å². The Morgan fingerprint density at radius 2 is 1.81 bits per heavy atom. The van der Waals surface area contributed by atoms with E-state index < -0.39 is 0 Å². The van der Waals surface area contributed by atoms with Crippen LogP contribution >= 0.6 is 0 Å². The van der Waals surface area contributed by atoms with Gasteiger partial charge < -0.3 is 14.8 Å². The van der Waals surface area contributed by atoms with Crippen molar-refractivity contribution in [2.75, 3.05) is 21.3 Å². The molecule has 0 aliphatic heterocycles. The highest BCUT2D eigenvalue weighted by Crippen LogP contribution is 2.25. The van der Waals surface area contributed by atoms with Crippen LogP contribution in [0.4, 0.5) is 0 Å². The minimum Gasteiger partial charge on any atom is -0.497 e. The lowest BCUT2D eigenvalue weighted by Gasteiger charge is -2.25. The summed E-state index contributed by atoms with van der Waals surface area (Å²) in [6.07, 6.45) is 0. The predicted molar refractivity (Wildman–Crippen MR) is 104 cm³/mol. The fourth-order valence-corrected chi connectivity index (χ4v) is 2.63. The second kappa shape index (κ2) is 9.25. The minimum absolute atomic E-state index is 0.000513. The van der Waals surface area contributed by atoms with Crippen LogP contribution in [0.3, 0.4) is 0 Å². The second-order valence-electron chi connectivity index (χ2n) is 6.47. The summed E-state index contributed by atoms with van der Waals surface area (Å²) in [4.78, 5) is 14.5. The molecule has 1 N–H and O–H groups in total. The fourth-order valence-electron chi connectivity index (χ4n) is 2.63. The van der Waals surface area contributed by atoms with Gasteiger partial charge in [0.2, 0.25) is 5.91 Å². The van der Waals surface area contributed by atoms with Gasteiger partial charge in [-0.15, -0.1) is 0 Å². The van der Waals surface area contributed by atoms with Crippen LogP contribution in [-0.4, -0.2) is 38.1 Å². The van der Waals surface area contributed by atoms with Crippen LogP contribution < -0.4 is 14.8 Å². The van der Waals surface area contributed by atoms with Gasteiger partial charge in [-0.05, 0) is 32.5 Å². The molecule has 0 saturated heterocycles. The van der Waals surface area contributed by atoms with Gasteiger partial charge in [0.1, 0.15) is 11.5 Å². The number of amides is 1. The van der Waals surface area contributed by atoms with Crippen LogP contribution in [0.5, 0.6) is 11.5 Å². The van der Waals surface area contributed by atoms with Crippen molar-refractivity contribution < 1.29 is 14.3 Å². The van der Waals surface area contributed by atoms with E-state index in [-0.39, 0.29) is 11.9 Å². The van der Waals surface area contributed by atoms with E-state index in [0.717, 1.165) is 22.6 Å². The van der Waals surface area contributed by atoms with Crippen LogP contribution in [0.15, 0.2) is 42.5 Å². The number of methoxy groups -OCH3 is 2. The zero-order chi connectivity index (χ0) is 19.1. The van der Waals surface area contributed by atoms with Gasteiger partial charge in [-0.3, -0.25) is 9.69 Å². The molecule has 0 spiro atoms. The normalized spacial score (nSPS) is 11.9. The zero-order valence-electron chi connectivity index (χ0n) is 16.2. The summed E-state index contributed by atoms with van der Waals surface area (Å²) in [5, 5.41) is 3.00. The van der Waals surface area contributed by atoms with E-state index in [0.29, 0.717) is 13.1 Å². The van der Waals surface area contributed by atoms with Crippen molar-refractivity contribution in [3.05, 3.63) is 59.2 Å². The van der Waals surface area contributed by atoms with E-state index in [2.05, 4.69) is 5.32 Å². The lowest BCUT2D eigenvalue weighted by atomic mass is 10.1. The maximum atomic E-state index is 12.5. The van der Waals surface area contributed by atoms with Crippen molar-refractivity contribution in [1.82, 2.24) is 10.2 Å². The van der Waals surface area contributed by atoms with E-state index in [4.69, 9.17) is 9.47 Å². The van der Waals surface area contributed by atoms with Crippen LogP contribution in [0.25, 0.3) is 0 Å². The molecule has 0 aliphatic carbocycles. The Morgan fingerprint density at radius 3 is 2.42 bits per heavy atom. The predicted octanol–water partition coefficient (Wildman–Crippen LogP) is 3.15. The Hall–Kier alpha value is -2.53. The summed E-state index contributed by atoms with van der Waals surface area (Å²) < 4.78 is 10.7. The van der Waals surface area contributed by atoms with Gasteiger partial charge in [0.15, 0.2) is 0 Å². The number of rotatable bonds is 8.